The van der Waals surface area contributed by atoms with Crippen LogP contribution in [0.2, 0.25) is 0 Å². The van der Waals surface area contributed by atoms with Crippen LogP contribution in [0.25, 0.3) is 5.69 Å². The minimum absolute atomic E-state index is 0.184. The van der Waals surface area contributed by atoms with Gasteiger partial charge >= 0.3 is 0 Å². The zero-order valence-electron chi connectivity index (χ0n) is 15.1. The van der Waals surface area contributed by atoms with E-state index in [1.54, 1.807) is 19.1 Å². The minimum atomic E-state index is -0.575. The number of nitrogens with zero attached hydrogens (tertiary/aromatic N) is 2. The third-order valence-electron chi connectivity index (χ3n) is 3.80. The molecule has 2 aromatic rings. The molecule has 1 amide bonds. The number of halogens is 1. The first-order chi connectivity index (χ1) is 12.5. The van der Waals surface area contributed by atoms with Crippen LogP contribution in [-0.2, 0) is 4.74 Å². The van der Waals surface area contributed by atoms with Gasteiger partial charge in [0.25, 0.3) is 5.91 Å². The van der Waals surface area contributed by atoms with Crippen molar-refractivity contribution < 1.29 is 13.9 Å². The van der Waals surface area contributed by atoms with Crippen LogP contribution in [0.5, 0.6) is 0 Å². The van der Waals surface area contributed by atoms with Crippen molar-refractivity contribution in [3.63, 3.8) is 0 Å². The summed E-state index contributed by atoms with van der Waals surface area (Å²) in [6.07, 6.45) is 2.72. The summed E-state index contributed by atoms with van der Waals surface area (Å²) in [5.41, 5.74) is -0.123. The zero-order chi connectivity index (χ0) is 18.9. The molecule has 0 atom stereocenters. The van der Waals surface area contributed by atoms with Gasteiger partial charge in [-0.25, -0.2) is 9.07 Å². The summed E-state index contributed by atoms with van der Waals surface area (Å²) in [6, 6.07) is 7.34. The molecule has 0 bridgehead atoms. The first kappa shape index (κ1) is 19.8. The molecule has 0 unspecified atom stereocenters. The highest BCUT2D eigenvalue weighted by atomic mass is 19.1. The van der Waals surface area contributed by atoms with Gasteiger partial charge < -0.3 is 10.1 Å². The molecule has 0 spiro atoms. The Morgan fingerprint density at radius 2 is 2.00 bits per heavy atom. The van der Waals surface area contributed by atoms with Crippen molar-refractivity contribution in [2.45, 2.75) is 33.1 Å². The van der Waals surface area contributed by atoms with Gasteiger partial charge in [0.1, 0.15) is 11.5 Å². The summed E-state index contributed by atoms with van der Waals surface area (Å²) in [5.74, 6) is -1.06. The Balaban J connectivity index is 2.05. The summed E-state index contributed by atoms with van der Waals surface area (Å²) in [6.45, 7) is 5.35. The van der Waals surface area contributed by atoms with Crippen molar-refractivity contribution in [1.29, 1.82) is 0 Å². The maximum absolute atomic E-state index is 14.0. The molecule has 2 rings (SSSR count). The fraction of sp³-hybridized carbons (Fsp3) is 0.421. The Kier molecular flexibility index (Phi) is 7.47. The minimum Gasteiger partial charge on any atom is -0.381 e. The third kappa shape index (κ3) is 5.23. The van der Waals surface area contributed by atoms with E-state index in [-0.39, 0.29) is 11.4 Å². The van der Waals surface area contributed by atoms with Gasteiger partial charge in [-0.3, -0.25) is 9.59 Å². The number of carbonyl (C=O) groups is 1. The second-order valence-corrected chi connectivity index (χ2v) is 5.94. The largest absolute Gasteiger partial charge is 0.381 e. The van der Waals surface area contributed by atoms with E-state index in [0.717, 1.165) is 12.8 Å². The Morgan fingerprint density at radius 1 is 1.27 bits per heavy atom. The summed E-state index contributed by atoms with van der Waals surface area (Å²) < 4.78 is 20.7. The highest BCUT2D eigenvalue weighted by Gasteiger charge is 2.16. The molecule has 26 heavy (non-hydrogen) atoms. The van der Waals surface area contributed by atoms with Crippen molar-refractivity contribution in [3.05, 3.63) is 57.8 Å². The summed E-state index contributed by atoms with van der Waals surface area (Å²) >= 11 is 0. The topological polar surface area (TPSA) is 73.2 Å². The summed E-state index contributed by atoms with van der Waals surface area (Å²) in [4.78, 5) is 24.4. The molecular formula is C19H24FN3O3. The third-order valence-corrected chi connectivity index (χ3v) is 3.80. The molecule has 0 aliphatic heterocycles. The number of para-hydroxylation sites is 1. The summed E-state index contributed by atoms with van der Waals surface area (Å²) in [7, 11) is 0. The Hall–Kier alpha value is -2.54. The Bertz CT molecular complexity index is 805. The van der Waals surface area contributed by atoms with E-state index in [1.807, 2.05) is 0 Å². The maximum atomic E-state index is 14.0. The molecule has 1 heterocycles. The molecule has 0 aliphatic rings. The second-order valence-electron chi connectivity index (χ2n) is 5.94. The highest BCUT2D eigenvalue weighted by molar-refractivity contribution is 5.92. The van der Waals surface area contributed by atoms with Gasteiger partial charge in [0.05, 0.1) is 0 Å². The van der Waals surface area contributed by atoms with E-state index in [1.165, 1.54) is 22.9 Å². The van der Waals surface area contributed by atoms with Gasteiger partial charge in [0.15, 0.2) is 5.69 Å². The molecule has 0 saturated carbocycles. The molecule has 1 aromatic heterocycles. The number of aromatic nitrogens is 2. The lowest BCUT2D eigenvalue weighted by Crippen LogP contribution is -2.33. The normalized spacial score (nSPS) is 10.7. The number of benzene rings is 1. The number of unbranched alkanes of at least 4 members (excludes halogenated alkanes) is 1. The molecule has 6 nitrogen and oxygen atoms in total. The fourth-order valence-corrected chi connectivity index (χ4v) is 2.38. The van der Waals surface area contributed by atoms with E-state index in [4.69, 9.17) is 4.74 Å². The monoisotopic (exact) mass is 361 g/mol. The molecule has 0 radical (unpaired) electrons. The van der Waals surface area contributed by atoms with Gasteiger partial charge in [-0.2, -0.15) is 5.10 Å². The molecule has 140 valence electrons. The van der Waals surface area contributed by atoms with Crippen molar-refractivity contribution in [2.75, 3.05) is 19.8 Å². The van der Waals surface area contributed by atoms with Crippen LogP contribution >= 0.6 is 0 Å². The van der Waals surface area contributed by atoms with E-state index < -0.39 is 17.2 Å². The van der Waals surface area contributed by atoms with Crippen molar-refractivity contribution in [2.24, 2.45) is 0 Å². The number of nitrogens with one attached hydrogen (secondary N) is 1. The first-order valence-electron chi connectivity index (χ1n) is 8.76. The predicted octanol–water partition coefficient (Wildman–Crippen LogP) is 2.62. The smallest absolute Gasteiger partial charge is 0.275 e. The Labute approximate surface area is 152 Å². The first-order valence-corrected chi connectivity index (χ1v) is 8.76. The number of rotatable bonds is 9. The average molecular weight is 361 g/mol. The number of carbonyl (C=O) groups excluding carboxylic acids is 1. The van der Waals surface area contributed by atoms with Crippen molar-refractivity contribution >= 4 is 5.91 Å². The zero-order valence-corrected chi connectivity index (χ0v) is 15.1. The molecule has 1 aromatic carbocycles. The van der Waals surface area contributed by atoms with E-state index in [2.05, 4.69) is 17.3 Å². The lowest BCUT2D eigenvalue weighted by atomic mass is 10.2. The number of hydrogen-bond acceptors (Lipinski definition) is 4. The van der Waals surface area contributed by atoms with Gasteiger partial charge in [0, 0.05) is 31.5 Å². The molecule has 0 saturated heterocycles. The van der Waals surface area contributed by atoms with E-state index in [0.29, 0.717) is 31.9 Å². The number of amides is 1. The number of aryl methyl sites for hydroxylation is 1. The van der Waals surface area contributed by atoms with Crippen LogP contribution in [0.4, 0.5) is 4.39 Å². The highest BCUT2D eigenvalue weighted by Crippen LogP contribution is 2.13. The lowest BCUT2D eigenvalue weighted by molar-refractivity contribution is 0.0932. The predicted molar refractivity (Wildman–Crippen MR) is 97.2 cm³/mol. The number of hydrogen-bond donors (Lipinski definition) is 1. The second kappa shape index (κ2) is 9.82. The van der Waals surface area contributed by atoms with E-state index >= 15 is 0 Å². The van der Waals surface area contributed by atoms with Crippen LogP contribution in [0, 0.1) is 12.7 Å². The maximum Gasteiger partial charge on any atom is 0.275 e. The Morgan fingerprint density at radius 3 is 2.73 bits per heavy atom. The standard InChI is InChI=1S/C19H24FN3O3/c1-3-4-11-26-12-7-10-21-19(25)18-17(24)13-14(2)23(22-18)16-9-6-5-8-15(16)20/h5-6,8-9,13H,3-4,7,10-12H2,1-2H3,(H,21,25). The molecule has 7 heteroatoms. The van der Waals surface area contributed by atoms with Crippen LogP contribution in [0.1, 0.15) is 42.4 Å². The van der Waals surface area contributed by atoms with Crippen molar-refractivity contribution in [3.8, 4) is 5.69 Å². The molecular weight excluding hydrogens is 337 g/mol. The quantitative estimate of drug-likeness (QED) is 0.697. The van der Waals surface area contributed by atoms with E-state index in [9.17, 15) is 14.0 Å². The van der Waals surface area contributed by atoms with Gasteiger partial charge in [-0.15, -0.1) is 0 Å². The lowest BCUT2D eigenvalue weighted by Gasteiger charge is -2.12. The van der Waals surface area contributed by atoms with Crippen molar-refractivity contribution in [1.82, 2.24) is 15.1 Å². The SMILES string of the molecule is CCCCOCCCNC(=O)c1nn(-c2ccccc2F)c(C)cc1=O. The molecule has 0 fully saturated rings. The molecule has 1 N–H and O–H groups in total. The van der Waals surface area contributed by atoms with Crippen LogP contribution in [0.3, 0.4) is 0 Å². The van der Waals surface area contributed by atoms with Gasteiger partial charge in [0.2, 0.25) is 5.43 Å². The molecule has 0 aliphatic carbocycles. The number of ether oxygens (including phenoxy) is 1. The van der Waals surface area contributed by atoms with Crippen LogP contribution in [0.15, 0.2) is 35.1 Å². The summed E-state index contributed by atoms with van der Waals surface area (Å²) in [5, 5.41) is 6.72. The average Bonchev–Trinajstić information content (AvgIpc) is 2.62. The fourth-order valence-electron chi connectivity index (χ4n) is 2.38. The van der Waals surface area contributed by atoms with Gasteiger partial charge in [-0.05, 0) is 31.9 Å². The van der Waals surface area contributed by atoms with Crippen LogP contribution < -0.4 is 10.7 Å². The van der Waals surface area contributed by atoms with Gasteiger partial charge in [-0.1, -0.05) is 25.5 Å². The van der Waals surface area contributed by atoms with Crippen LogP contribution in [-0.4, -0.2) is 35.4 Å².